The minimum Gasteiger partial charge on any atom is -0.481 e. The fourth-order valence-corrected chi connectivity index (χ4v) is 3.75. The Balaban J connectivity index is 6.93. The van der Waals surface area contributed by atoms with Gasteiger partial charge in [-0.15, -0.1) is 0 Å². The second kappa shape index (κ2) is 9.17. The summed E-state index contributed by atoms with van der Waals surface area (Å²) in [5, 5.41) is 29.6. The molecule has 0 saturated heterocycles. The quantitative estimate of drug-likeness (QED) is 0.488. The Morgan fingerprint density at radius 2 is 1.28 bits per heavy atom. The van der Waals surface area contributed by atoms with Crippen molar-refractivity contribution in [3.8, 4) is 0 Å². The highest BCUT2D eigenvalue weighted by Gasteiger charge is 2.68. The van der Waals surface area contributed by atoms with Gasteiger partial charge in [0.15, 0.2) is 5.60 Å². The van der Waals surface area contributed by atoms with Gasteiger partial charge in [0.2, 0.25) is 0 Å². The van der Waals surface area contributed by atoms with Crippen molar-refractivity contribution in [2.45, 2.75) is 78.9 Å². The van der Waals surface area contributed by atoms with Gasteiger partial charge >= 0.3 is 17.9 Å². The molecule has 0 aliphatic carbocycles. The normalized spacial score (nSPS) is 19.9. The first kappa shape index (κ1) is 23.4. The molecule has 0 saturated carbocycles. The molecule has 0 bridgehead atoms. The molecule has 146 valence electrons. The Labute approximate surface area is 149 Å². The van der Waals surface area contributed by atoms with Crippen molar-refractivity contribution in [1.29, 1.82) is 0 Å². The highest BCUT2D eigenvalue weighted by Crippen LogP contribution is 2.52. The van der Waals surface area contributed by atoms with Crippen LogP contribution in [0.4, 0.5) is 0 Å². The second-order valence-corrected chi connectivity index (χ2v) is 6.83. The van der Waals surface area contributed by atoms with Gasteiger partial charge < -0.3 is 20.1 Å². The molecule has 0 rings (SSSR count). The summed E-state index contributed by atoms with van der Waals surface area (Å²) < 4.78 is 5.77. The van der Waals surface area contributed by atoms with Crippen LogP contribution >= 0.6 is 0 Å². The smallest absolute Gasteiger partial charge is 0.337 e. The van der Waals surface area contributed by atoms with E-state index in [4.69, 9.17) is 4.74 Å². The summed E-state index contributed by atoms with van der Waals surface area (Å²) in [6.07, 6.45) is -0.300. The van der Waals surface area contributed by atoms with E-state index < -0.39 is 53.3 Å². The number of ether oxygens (including phenoxy) is 1. The number of carboxylic acid groups (broad SMARTS) is 3. The summed E-state index contributed by atoms with van der Waals surface area (Å²) in [6, 6.07) is 0. The maximum absolute atomic E-state index is 12.5. The molecule has 0 amide bonds. The summed E-state index contributed by atoms with van der Waals surface area (Å²) in [6.45, 7) is 10.2. The zero-order valence-corrected chi connectivity index (χ0v) is 16.0. The highest BCUT2D eigenvalue weighted by atomic mass is 16.5. The van der Waals surface area contributed by atoms with E-state index in [9.17, 15) is 29.7 Å². The average molecular weight is 360 g/mol. The molecule has 7 heteroatoms. The van der Waals surface area contributed by atoms with Gasteiger partial charge in [-0.3, -0.25) is 9.59 Å². The third-order valence-corrected chi connectivity index (χ3v) is 5.52. The third kappa shape index (κ3) is 4.14. The maximum Gasteiger partial charge on any atom is 0.337 e. The first-order chi connectivity index (χ1) is 11.5. The lowest BCUT2D eigenvalue weighted by Gasteiger charge is -2.51. The van der Waals surface area contributed by atoms with Crippen molar-refractivity contribution in [2.75, 3.05) is 0 Å². The monoisotopic (exact) mass is 360 g/mol. The molecule has 0 spiro atoms. The molecule has 0 aromatic rings. The first-order valence-corrected chi connectivity index (χ1v) is 8.84. The Morgan fingerprint density at radius 1 is 0.840 bits per heavy atom. The zero-order valence-electron chi connectivity index (χ0n) is 16.0. The van der Waals surface area contributed by atoms with E-state index in [-0.39, 0.29) is 0 Å². The Morgan fingerprint density at radius 3 is 1.52 bits per heavy atom. The predicted octanol–water partition coefficient (Wildman–Crippen LogP) is 3.26. The Bertz CT molecular complexity index is 478. The molecule has 0 heterocycles. The van der Waals surface area contributed by atoms with Crippen LogP contribution in [0, 0.1) is 17.3 Å². The van der Waals surface area contributed by atoms with Crippen LogP contribution in [0.3, 0.4) is 0 Å². The van der Waals surface area contributed by atoms with Crippen molar-refractivity contribution >= 4 is 17.9 Å². The average Bonchev–Trinajstić information content (AvgIpc) is 2.53. The standard InChI is InChI=1S/C18H32O7/c1-7-11(4)18(16(23)24,12(5)8-2)17(15(21)22,10-14(19)20)25-13(6)9-3/h11-13H,7-10H2,1-6H3,(H,19,20)(H,21,22)(H,23,24). The summed E-state index contributed by atoms with van der Waals surface area (Å²) >= 11 is 0. The number of aliphatic carboxylic acids is 3. The van der Waals surface area contributed by atoms with Crippen molar-refractivity contribution in [1.82, 2.24) is 0 Å². The van der Waals surface area contributed by atoms with Gasteiger partial charge in [-0.05, 0) is 25.2 Å². The Hall–Kier alpha value is -1.63. The molecule has 0 aliphatic heterocycles. The van der Waals surface area contributed by atoms with E-state index in [2.05, 4.69) is 0 Å². The van der Waals surface area contributed by atoms with Crippen LogP contribution < -0.4 is 0 Å². The van der Waals surface area contributed by atoms with Crippen molar-refractivity contribution in [3.05, 3.63) is 0 Å². The van der Waals surface area contributed by atoms with Gasteiger partial charge in [-0.1, -0.05) is 47.5 Å². The number of hydrogen-bond donors (Lipinski definition) is 3. The van der Waals surface area contributed by atoms with Crippen LogP contribution in [0.25, 0.3) is 0 Å². The fourth-order valence-electron chi connectivity index (χ4n) is 3.75. The van der Waals surface area contributed by atoms with Crippen LogP contribution in [-0.4, -0.2) is 44.9 Å². The van der Waals surface area contributed by atoms with Gasteiger partial charge in [-0.2, -0.15) is 0 Å². The number of hydrogen-bond acceptors (Lipinski definition) is 4. The fraction of sp³-hybridized carbons (Fsp3) is 0.833. The maximum atomic E-state index is 12.5. The summed E-state index contributed by atoms with van der Waals surface area (Å²) in [7, 11) is 0. The van der Waals surface area contributed by atoms with Gasteiger partial charge in [0.05, 0.1) is 12.5 Å². The number of rotatable bonds is 12. The molecule has 0 aliphatic rings. The molecule has 4 unspecified atom stereocenters. The van der Waals surface area contributed by atoms with Crippen LogP contribution in [0.1, 0.15) is 67.2 Å². The summed E-state index contributed by atoms with van der Waals surface area (Å²) in [4.78, 5) is 36.4. The molecule has 4 atom stereocenters. The number of carboxylic acids is 3. The van der Waals surface area contributed by atoms with Crippen LogP contribution in [0.5, 0.6) is 0 Å². The topological polar surface area (TPSA) is 121 Å². The van der Waals surface area contributed by atoms with E-state index in [0.29, 0.717) is 19.3 Å². The third-order valence-electron chi connectivity index (χ3n) is 5.52. The highest BCUT2D eigenvalue weighted by molar-refractivity contribution is 5.93. The van der Waals surface area contributed by atoms with Crippen LogP contribution in [0.2, 0.25) is 0 Å². The molecule has 0 radical (unpaired) electrons. The van der Waals surface area contributed by atoms with E-state index in [0.717, 1.165) is 0 Å². The van der Waals surface area contributed by atoms with Gasteiger partial charge in [0, 0.05) is 0 Å². The molecule has 7 nitrogen and oxygen atoms in total. The van der Waals surface area contributed by atoms with Gasteiger partial charge in [-0.25, -0.2) is 4.79 Å². The minimum atomic E-state index is -2.36. The lowest BCUT2D eigenvalue weighted by Crippen LogP contribution is -2.66. The van der Waals surface area contributed by atoms with Crippen molar-refractivity contribution in [3.63, 3.8) is 0 Å². The van der Waals surface area contributed by atoms with Crippen LogP contribution in [0.15, 0.2) is 0 Å². The van der Waals surface area contributed by atoms with E-state index >= 15 is 0 Å². The molecule has 0 aromatic heterocycles. The molecular weight excluding hydrogens is 328 g/mol. The molecule has 0 fully saturated rings. The SMILES string of the molecule is CCC(C)OC(CC(=O)O)(C(=O)O)C(C(=O)O)(C(C)CC)C(C)CC. The van der Waals surface area contributed by atoms with Crippen LogP contribution in [-0.2, 0) is 19.1 Å². The molecular formula is C18H32O7. The Kier molecular flexibility index (Phi) is 8.58. The summed E-state index contributed by atoms with van der Waals surface area (Å²) in [5.41, 5.74) is -4.23. The largest absolute Gasteiger partial charge is 0.481 e. The van der Waals surface area contributed by atoms with E-state index in [1.54, 1.807) is 41.5 Å². The van der Waals surface area contributed by atoms with E-state index in [1.807, 2.05) is 0 Å². The summed E-state index contributed by atoms with van der Waals surface area (Å²) in [5.74, 6) is -5.47. The minimum absolute atomic E-state index is 0.384. The van der Waals surface area contributed by atoms with Gasteiger partial charge in [0.25, 0.3) is 0 Å². The molecule has 3 N–H and O–H groups in total. The van der Waals surface area contributed by atoms with E-state index in [1.165, 1.54) is 0 Å². The number of carbonyl (C=O) groups is 3. The second-order valence-electron chi connectivity index (χ2n) is 6.83. The molecule has 25 heavy (non-hydrogen) atoms. The van der Waals surface area contributed by atoms with Gasteiger partial charge in [0.1, 0.15) is 5.41 Å². The van der Waals surface area contributed by atoms with Crippen molar-refractivity contribution in [2.24, 2.45) is 17.3 Å². The lowest BCUT2D eigenvalue weighted by atomic mass is 9.55. The zero-order chi connectivity index (χ0) is 20.0. The first-order valence-electron chi connectivity index (χ1n) is 8.84. The lowest BCUT2D eigenvalue weighted by molar-refractivity contribution is -0.231. The predicted molar refractivity (Wildman–Crippen MR) is 92.4 cm³/mol. The molecule has 0 aromatic carbocycles. The van der Waals surface area contributed by atoms with Crippen molar-refractivity contribution < 1.29 is 34.4 Å².